The minimum Gasteiger partial charge on any atom is -0.392 e. The molecule has 1 saturated carbocycles. The normalized spacial score (nSPS) is 25.4. The first kappa shape index (κ1) is 25.3. The lowest BCUT2D eigenvalue weighted by atomic mass is 9.62. The Morgan fingerprint density at radius 2 is 0.925 bits per heavy atom. The highest BCUT2D eigenvalue weighted by Crippen LogP contribution is 2.55. The molecule has 4 aromatic rings. The van der Waals surface area contributed by atoms with Gasteiger partial charge in [-0.25, -0.2) is 0 Å². The number of aliphatic hydroxyl groups excluding tert-OH is 6. The Labute approximate surface area is 229 Å². The number of rotatable bonds is 6. The third kappa shape index (κ3) is 3.38. The van der Waals surface area contributed by atoms with Crippen molar-refractivity contribution in [1.29, 1.82) is 0 Å². The molecule has 0 aromatic heterocycles. The van der Waals surface area contributed by atoms with Gasteiger partial charge in [0.15, 0.2) is 11.3 Å². The molecule has 3 aliphatic rings. The first-order valence-corrected chi connectivity index (χ1v) is 13.4. The average Bonchev–Trinajstić information content (AvgIpc) is 2.99. The molecule has 1 aliphatic carbocycles. The Kier molecular flexibility index (Phi) is 5.66. The number of hydrogen-bond donors (Lipinski definition) is 10. The monoisotopic (exact) mass is 544 g/mol. The van der Waals surface area contributed by atoms with Gasteiger partial charge in [0.05, 0.1) is 38.6 Å². The quantitative estimate of drug-likeness (QED) is 0.172. The lowest BCUT2D eigenvalue weighted by Crippen LogP contribution is -2.56. The summed E-state index contributed by atoms with van der Waals surface area (Å²) in [5.41, 5.74) is 1.75. The highest BCUT2D eigenvalue weighted by molar-refractivity contribution is 6.08. The van der Waals surface area contributed by atoms with Gasteiger partial charge in [-0.1, -0.05) is 48.5 Å². The van der Waals surface area contributed by atoms with Crippen LogP contribution in [0.1, 0.15) is 23.0 Å². The maximum absolute atomic E-state index is 11.6. The van der Waals surface area contributed by atoms with Crippen LogP contribution >= 0.6 is 0 Å². The van der Waals surface area contributed by atoms with Gasteiger partial charge in [-0.2, -0.15) is 0 Å². The molecule has 2 heterocycles. The van der Waals surface area contributed by atoms with Crippen molar-refractivity contribution in [3.05, 3.63) is 71.8 Å². The smallest absolute Gasteiger partial charge is 0.155 e. The van der Waals surface area contributed by atoms with Crippen LogP contribution in [-0.2, 0) is 0 Å². The van der Waals surface area contributed by atoms with Gasteiger partial charge >= 0.3 is 0 Å². The van der Waals surface area contributed by atoms with E-state index in [-0.39, 0.29) is 26.4 Å². The molecule has 2 aliphatic heterocycles. The molecule has 10 N–H and O–H groups in total. The minimum absolute atomic E-state index is 0.383. The summed E-state index contributed by atoms with van der Waals surface area (Å²) in [4.78, 5) is 0. The number of aliphatic hydroxyl groups is 6. The molecule has 7 rings (SSSR count). The summed E-state index contributed by atoms with van der Waals surface area (Å²) < 4.78 is 0. The highest BCUT2D eigenvalue weighted by atomic mass is 16.3. The fraction of sp³-hybridized carbons (Fsp3) is 0.333. The summed E-state index contributed by atoms with van der Waals surface area (Å²) >= 11 is 0. The third-order valence-electron chi connectivity index (χ3n) is 8.90. The molecule has 0 amide bonds. The SMILES string of the molecule is OCC1(CO)Nc2cccc3ccc(C4C(O)C(c5ccc6cccc7c6c5NC(CO)(CO)N7)C4O)c(c23)N1. The molecular weight excluding hydrogens is 512 g/mol. The zero-order valence-electron chi connectivity index (χ0n) is 21.6. The number of anilines is 4. The van der Waals surface area contributed by atoms with E-state index in [0.717, 1.165) is 32.9 Å². The van der Waals surface area contributed by atoms with E-state index in [1.54, 1.807) is 0 Å². The Balaban J connectivity index is 1.32. The van der Waals surface area contributed by atoms with E-state index in [0.29, 0.717) is 22.5 Å². The van der Waals surface area contributed by atoms with Gasteiger partial charge in [0.25, 0.3) is 0 Å². The van der Waals surface area contributed by atoms with Crippen LogP contribution in [0, 0.1) is 0 Å². The van der Waals surface area contributed by atoms with Crippen molar-refractivity contribution in [1.82, 2.24) is 0 Å². The first-order valence-electron chi connectivity index (χ1n) is 13.4. The minimum atomic E-state index is -1.20. The second kappa shape index (κ2) is 8.93. The lowest BCUT2D eigenvalue weighted by Gasteiger charge is -2.50. The van der Waals surface area contributed by atoms with Crippen LogP contribution in [0.25, 0.3) is 21.5 Å². The van der Waals surface area contributed by atoms with Crippen LogP contribution in [0.2, 0.25) is 0 Å². The molecule has 10 nitrogen and oxygen atoms in total. The number of nitrogens with one attached hydrogen (secondary N) is 4. The average molecular weight is 545 g/mol. The molecule has 0 atom stereocenters. The van der Waals surface area contributed by atoms with E-state index < -0.39 is 35.4 Å². The first-order chi connectivity index (χ1) is 19.4. The second-order valence-electron chi connectivity index (χ2n) is 11.2. The van der Waals surface area contributed by atoms with Gasteiger partial charge in [-0.3, -0.25) is 0 Å². The molecule has 4 aromatic carbocycles. The van der Waals surface area contributed by atoms with E-state index >= 15 is 0 Å². The van der Waals surface area contributed by atoms with Gasteiger partial charge in [-0.05, 0) is 34.0 Å². The van der Waals surface area contributed by atoms with Crippen molar-refractivity contribution in [3.63, 3.8) is 0 Å². The van der Waals surface area contributed by atoms with Gasteiger partial charge in [-0.15, -0.1) is 0 Å². The topological polar surface area (TPSA) is 170 Å². The van der Waals surface area contributed by atoms with Crippen LogP contribution in [0.15, 0.2) is 60.7 Å². The van der Waals surface area contributed by atoms with Crippen LogP contribution < -0.4 is 21.3 Å². The molecule has 0 bridgehead atoms. The summed E-state index contributed by atoms with van der Waals surface area (Å²) in [6, 6.07) is 19.1. The maximum Gasteiger partial charge on any atom is 0.155 e. The Hall–Kier alpha value is -3.64. The zero-order chi connectivity index (χ0) is 27.8. The van der Waals surface area contributed by atoms with E-state index in [1.165, 1.54) is 0 Å². The summed E-state index contributed by atoms with van der Waals surface area (Å²) in [6.07, 6.45) is -1.92. The van der Waals surface area contributed by atoms with E-state index in [1.807, 2.05) is 60.7 Å². The fourth-order valence-corrected chi connectivity index (χ4v) is 6.74. The molecule has 0 saturated heterocycles. The number of benzene rings is 4. The molecule has 0 spiro atoms. The second-order valence-corrected chi connectivity index (χ2v) is 11.2. The molecule has 10 heteroatoms. The van der Waals surface area contributed by atoms with Crippen molar-refractivity contribution in [2.24, 2.45) is 0 Å². The van der Waals surface area contributed by atoms with Crippen LogP contribution in [-0.4, -0.2) is 80.6 Å². The summed E-state index contributed by atoms with van der Waals surface area (Å²) in [5, 5.41) is 80.4. The van der Waals surface area contributed by atoms with Crippen LogP contribution in [0.3, 0.4) is 0 Å². The van der Waals surface area contributed by atoms with Crippen LogP contribution in [0.5, 0.6) is 0 Å². The van der Waals surface area contributed by atoms with E-state index in [2.05, 4.69) is 21.3 Å². The molecule has 40 heavy (non-hydrogen) atoms. The summed E-state index contributed by atoms with van der Waals surface area (Å²) in [6.45, 7) is -1.53. The fourth-order valence-electron chi connectivity index (χ4n) is 6.74. The van der Waals surface area contributed by atoms with Crippen molar-refractivity contribution in [2.45, 2.75) is 35.4 Å². The van der Waals surface area contributed by atoms with Crippen molar-refractivity contribution < 1.29 is 30.6 Å². The van der Waals surface area contributed by atoms with Gasteiger partial charge in [0.2, 0.25) is 0 Å². The Bertz CT molecular complexity index is 1510. The predicted molar refractivity (Wildman–Crippen MR) is 154 cm³/mol. The standard InChI is InChI=1S/C30H32N4O6/c35-11-29(12-36)31-19-5-1-3-15-7-9-17(25(33-29)21(15)19)23-27(39)24(28(23)40)18-10-8-16-4-2-6-20-22(16)26(18)34-30(13-37,14-38)32-20/h1-10,23-24,27-28,31-40H,11-14H2. The summed E-state index contributed by atoms with van der Waals surface area (Å²) in [7, 11) is 0. The van der Waals surface area contributed by atoms with Crippen molar-refractivity contribution in [2.75, 3.05) is 47.7 Å². The van der Waals surface area contributed by atoms with E-state index in [9.17, 15) is 30.6 Å². The molecule has 0 unspecified atom stereocenters. The van der Waals surface area contributed by atoms with Gasteiger partial charge in [0.1, 0.15) is 0 Å². The predicted octanol–water partition coefficient (Wildman–Crippen LogP) is 1.63. The Morgan fingerprint density at radius 1 is 0.525 bits per heavy atom. The summed E-state index contributed by atoms with van der Waals surface area (Å²) in [5.74, 6) is -1.28. The zero-order valence-corrected chi connectivity index (χ0v) is 21.6. The third-order valence-corrected chi connectivity index (χ3v) is 8.90. The van der Waals surface area contributed by atoms with Crippen molar-refractivity contribution in [3.8, 4) is 0 Å². The lowest BCUT2D eigenvalue weighted by molar-refractivity contribution is -0.0780. The van der Waals surface area contributed by atoms with Crippen molar-refractivity contribution >= 4 is 44.3 Å². The van der Waals surface area contributed by atoms with E-state index in [4.69, 9.17) is 0 Å². The van der Waals surface area contributed by atoms with Crippen LogP contribution in [0.4, 0.5) is 22.7 Å². The maximum atomic E-state index is 11.6. The molecule has 1 fully saturated rings. The molecular formula is C30H32N4O6. The molecule has 0 radical (unpaired) electrons. The van der Waals surface area contributed by atoms with Gasteiger partial charge in [0, 0.05) is 45.4 Å². The van der Waals surface area contributed by atoms with Gasteiger partial charge < -0.3 is 51.9 Å². The molecule has 208 valence electrons. The number of hydrogen-bond acceptors (Lipinski definition) is 10. The Morgan fingerprint density at radius 3 is 1.30 bits per heavy atom. The largest absolute Gasteiger partial charge is 0.392 e. The highest BCUT2D eigenvalue weighted by Gasteiger charge is 2.53.